The highest BCUT2D eigenvalue weighted by molar-refractivity contribution is 5.99. The molecule has 1 fully saturated rings. The fourth-order valence-electron chi connectivity index (χ4n) is 2.62. The zero-order valence-corrected chi connectivity index (χ0v) is 11.7. The van der Waals surface area contributed by atoms with Crippen molar-refractivity contribution in [1.82, 2.24) is 4.90 Å². The molecule has 2 rings (SSSR count). The van der Waals surface area contributed by atoms with Crippen LogP contribution in [0.3, 0.4) is 0 Å². The van der Waals surface area contributed by atoms with E-state index in [1.165, 1.54) is 12.1 Å². The molecule has 0 bridgehead atoms. The predicted molar refractivity (Wildman–Crippen MR) is 74.8 cm³/mol. The first-order valence-corrected chi connectivity index (χ1v) is 7.16. The maximum atomic E-state index is 12.8. The summed E-state index contributed by atoms with van der Waals surface area (Å²) in [5.41, 5.74) is 4.11. The SMILES string of the molecule is Nc1c(C(=O)N2CCCCCCC2)cccc1C(F)(F)F. The quantitative estimate of drug-likeness (QED) is 0.804. The molecule has 6 heteroatoms. The second-order valence-electron chi connectivity index (χ2n) is 5.32. The van der Waals surface area contributed by atoms with Crippen LogP contribution in [-0.4, -0.2) is 23.9 Å². The number of nitrogens with two attached hydrogens (primary N) is 1. The lowest BCUT2D eigenvalue weighted by molar-refractivity contribution is -0.136. The Morgan fingerprint density at radius 2 is 1.62 bits per heavy atom. The van der Waals surface area contributed by atoms with Crippen LogP contribution in [0.2, 0.25) is 0 Å². The Bertz CT molecular complexity index is 506. The topological polar surface area (TPSA) is 46.3 Å². The minimum Gasteiger partial charge on any atom is -0.398 e. The van der Waals surface area contributed by atoms with Crippen molar-refractivity contribution in [3.8, 4) is 0 Å². The van der Waals surface area contributed by atoms with Gasteiger partial charge in [0.25, 0.3) is 5.91 Å². The first kappa shape index (κ1) is 15.7. The third-order valence-electron chi connectivity index (χ3n) is 3.79. The number of rotatable bonds is 1. The molecule has 116 valence electrons. The number of nitrogens with zero attached hydrogens (tertiary/aromatic N) is 1. The number of halogens is 3. The average molecular weight is 300 g/mol. The molecule has 3 nitrogen and oxygen atoms in total. The van der Waals surface area contributed by atoms with E-state index in [0.717, 1.165) is 38.2 Å². The van der Waals surface area contributed by atoms with E-state index in [1.807, 2.05) is 0 Å². The van der Waals surface area contributed by atoms with Crippen LogP contribution in [0, 0.1) is 0 Å². The van der Waals surface area contributed by atoms with Crippen molar-refractivity contribution in [2.75, 3.05) is 18.8 Å². The Labute approximate surface area is 121 Å². The molecule has 0 saturated carbocycles. The molecule has 1 aromatic carbocycles. The van der Waals surface area contributed by atoms with Gasteiger partial charge in [0.15, 0.2) is 0 Å². The molecule has 1 saturated heterocycles. The molecule has 1 amide bonds. The third kappa shape index (κ3) is 3.68. The van der Waals surface area contributed by atoms with Gasteiger partial charge in [-0.05, 0) is 25.0 Å². The van der Waals surface area contributed by atoms with Gasteiger partial charge in [-0.3, -0.25) is 4.79 Å². The van der Waals surface area contributed by atoms with E-state index in [2.05, 4.69) is 0 Å². The van der Waals surface area contributed by atoms with Gasteiger partial charge in [0, 0.05) is 13.1 Å². The van der Waals surface area contributed by atoms with Gasteiger partial charge in [0.2, 0.25) is 0 Å². The molecule has 1 aliphatic heterocycles. The lowest BCUT2D eigenvalue weighted by atomic mass is 10.0. The molecule has 21 heavy (non-hydrogen) atoms. The fourth-order valence-corrected chi connectivity index (χ4v) is 2.62. The molecule has 2 N–H and O–H groups in total. The van der Waals surface area contributed by atoms with Crippen molar-refractivity contribution in [1.29, 1.82) is 0 Å². The minimum atomic E-state index is -4.54. The van der Waals surface area contributed by atoms with Gasteiger partial charge in [0.05, 0.1) is 16.8 Å². The lowest BCUT2D eigenvalue weighted by Crippen LogP contribution is -2.34. The smallest absolute Gasteiger partial charge is 0.398 e. The largest absolute Gasteiger partial charge is 0.418 e. The van der Waals surface area contributed by atoms with Gasteiger partial charge in [0.1, 0.15) is 0 Å². The first-order valence-electron chi connectivity index (χ1n) is 7.16. The van der Waals surface area contributed by atoms with Crippen LogP contribution in [0.25, 0.3) is 0 Å². The second kappa shape index (κ2) is 6.37. The summed E-state index contributed by atoms with van der Waals surface area (Å²) in [6.45, 7) is 1.16. The van der Waals surface area contributed by atoms with Crippen LogP contribution in [0.15, 0.2) is 18.2 Å². The standard InChI is InChI=1S/C15H19F3N2O/c16-15(17,18)12-8-6-7-11(13(12)19)14(21)20-9-4-2-1-3-5-10-20/h6-8H,1-5,9-10,19H2. The van der Waals surface area contributed by atoms with Gasteiger partial charge in [-0.2, -0.15) is 13.2 Å². The van der Waals surface area contributed by atoms with Gasteiger partial charge >= 0.3 is 6.18 Å². The molecular formula is C15H19F3N2O. The van der Waals surface area contributed by atoms with Crippen molar-refractivity contribution >= 4 is 11.6 Å². The van der Waals surface area contributed by atoms with E-state index in [1.54, 1.807) is 4.90 Å². The number of nitrogen functional groups attached to an aromatic ring is 1. The monoisotopic (exact) mass is 300 g/mol. The zero-order chi connectivity index (χ0) is 15.5. The molecular weight excluding hydrogens is 281 g/mol. The summed E-state index contributed by atoms with van der Waals surface area (Å²) in [6, 6.07) is 3.50. The number of hydrogen-bond donors (Lipinski definition) is 1. The number of alkyl halides is 3. The number of benzene rings is 1. The van der Waals surface area contributed by atoms with Crippen LogP contribution in [-0.2, 0) is 6.18 Å². The Kier molecular flexibility index (Phi) is 4.75. The van der Waals surface area contributed by atoms with Gasteiger partial charge in [-0.1, -0.05) is 25.3 Å². The molecule has 0 spiro atoms. The number of anilines is 1. The van der Waals surface area contributed by atoms with E-state index < -0.39 is 23.3 Å². The highest BCUT2D eigenvalue weighted by Crippen LogP contribution is 2.35. The van der Waals surface area contributed by atoms with Crippen LogP contribution < -0.4 is 5.73 Å². The number of hydrogen-bond acceptors (Lipinski definition) is 2. The van der Waals surface area contributed by atoms with E-state index in [4.69, 9.17) is 5.73 Å². The van der Waals surface area contributed by atoms with Crippen molar-refractivity contribution in [2.45, 2.75) is 38.3 Å². The van der Waals surface area contributed by atoms with Crippen molar-refractivity contribution in [2.24, 2.45) is 0 Å². The Morgan fingerprint density at radius 1 is 1.05 bits per heavy atom. The summed E-state index contributed by atoms with van der Waals surface area (Å²) in [7, 11) is 0. The molecule has 0 aliphatic carbocycles. The third-order valence-corrected chi connectivity index (χ3v) is 3.79. The fraction of sp³-hybridized carbons (Fsp3) is 0.533. The highest BCUT2D eigenvalue weighted by Gasteiger charge is 2.34. The molecule has 1 aliphatic rings. The summed E-state index contributed by atoms with van der Waals surface area (Å²) in [5, 5.41) is 0. The van der Waals surface area contributed by atoms with Gasteiger partial charge < -0.3 is 10.6 Å². The molecule has 0 aromatic heterocycles. The Balaban J connectivity index is 2.26. The minimum absolute atomic E-state index is 0.0506. The van der Waals surface area contributed by atoms with E-state index >= 15 is 0 Å². The van der Waals surface area contributed by atoms with Gasteiger partial charge in [-0.25, -0.2) is 0 Å². The number of para-hydroxylation sites is 1. The molecule has 0 radical (unpaired) electrons. The number of carbonyl (C=O) groups is 1. The highest BCUT2D eigenvalue weighted by atomic mass is 19.4. The summed E-state index contributed by atoms with van der Waals surface area (Å²) in [4.78, 5) is 14.1. The van der Waals surface area contributed by atoms with Crippen molar-refractivity contribution in [3.05, 3.63) is 29.3 Å². The van der Waals surface area contributed by atoms with Crippen molar-refractivity contribution < 1.29 is 18.0 Å². The van der Waals surface area contributed by atoms with Gasteiger partial charge in [-0.15, -0.1) is 0 Å². The maximum absolute atomic E-state index is 12.8. The van der Waals surface area contributed by atoms with Crippen LogP contribution >= 0.6 is 0 Å². The maximum Gasteiger partial charge on any atom is 0.418 e. The van der Waals surface area contributed by atoms with Crippen LogP contribution in [0.5, 0.6) is 0 Å². The normalized spacial score (nSPS) is 17.2. The zero-order valence-electron chi connectivity index (χ0n) is 11.7. The summed E-state index contributed by atoms with van der Waals surface area (Å²) in [6.07, 6.45) is 0.448. The molecule has 1 heterocycles. The van der Waals surface area contributed by atoms with Crippen LogP contribution in [0.4, 0.5) is 18.9 Å². The van der Waals surface area contributed by atoms with E-state index in [9.17, 15) is 18.0 Å². The molecule has 1 aromatic rings. The Hall–Kier alpha value is -1.72. The van der Waals surface area contributed by atoms with Crippen molar-refractivity contribution in [3.63, 3.8) is 0 Å². The Morgan fingerprint density at radius 3 is 2.19 bits per heavy atom. The number of carbonyl (C=O) groups excluding carboxylic acids is 1. The van der Waals surface area contributed by atoms with E-state index in [-0.39, 0.29) is 5.56 Å². The number of amides is 1. The summed E-state index contributed by atoms with van der Waals surface area (Å²) >= 11 is 0. The van der Waals surface area contributed by atoms with Crippen LogP contribution in [0.1, 0.15) is 48.0 Å². The summed E-state index contributed by atoms with van der Waals surface area (Å²) < 4.78 is 38.5. The lowest BCUT2D eigenvalue weighted by Gasteiger charge is -2.26. The molecule has 0 unspecified atom stereocenters. The van der Waals surface area contributed by atoms with E-state index in [0.29, 0.717) is 13.1 Å². The second-order valence-corrected chi connectivity index (χ2v) is 5.32. The predicted octanol–water partition coefficient (Wildman–Crippen LogP) is 3.69. The summed E-state index contributed by atoms with van der Waals surface area (Å²) in [5.74, 6) is -0.402. The average Bonchev–Trinajstić information content (AvgIpc) is 2.36. The first-order chi connectivity index (χ1) is 9.91. The molecule has 0 atom stereocenters. The number of likely N-dealkylation sites (tertiary alicyclic amines) is 1.